The molecular formula is C12H8ClF3N2O2. The number of rotatable bonds is 2. The van der Waals surface area contributed by atoms with E-state index >= 15 is 0 Å². The van der Waals surface area contributed by atoms with Gasteiger partial charge in [0.25, 0.3) is 5.91 Å². The number of nitrogens with one attached hydrogen (secondary N) is 1. The van der Waals surface area contributed by atoms with Gasteiger partial charge in [0, 0.05) is 0 Å². The lowest BCUT2D eigenvalue weighted by Gasteiger charge is -2.10. The van der Waals surface area contributed by atoms with E-state index in [1.807, 2.05) is 0 Å². The van der Waals surface area contributed by atoms with E-state index in [1.165, 1.54) is 6.07 Å². The maximum absolute atomic E-state index is 12.4. The van der Waals surface area contributed by atoms with E-state index in [1.54, 1.807) is 0 Å². The van der Waals surface area contributed by atoms with E-state index in [9.17, 15) is 18.0 Å². The van der Waals surface area contributed by atoms with Gasteiger partial charge in [-0.15, -0.1) is 0 Å². The number of aliphatic hydroxyl groups excluding tert-OH is 1. The van der Waals surface area contributed by atoms with Crippen LogP contribution in [-0.4, -0.2) is 11.0 Å². The Morgan fingerprint density at radius 1 is 1.45 bits per heavy atom. The van der Waals surface area contributed by atoms with Gasteiger partial charge in [0.2, 0.25) is 0 Å². The monoisotopic (exact) mass is 304 g/mol. The Morgan fingerprint density at radius 3 is 2.45 bits per heavy atom. The van der Waals surface area contributed by atoms with Gasteiger partial charge in [0.15, 0.2) is 5.57 Å². The maximum atomic E-state index is 12.4. The van der Waals surface area contributed by atoms with Crippen molar-refractivity contribution >= 4 is 23.2 Å². The van der Waals surface area contributed by atoms with Crippen LogP contribution in [0.25, 0.3) is 0 Å². The minimum atomic E-state index is -4.55. The van der Waals surface area contributed by atoms with Crippen molar-refractivity contribution in [3.8, 4) is 6.07 Å². The van der Waals surface area contributed by atoms with Crippen LogP contribution in [0.5, 0.6) is 0 Å². The predicted octanol–water partition coefficient (Wildman–Crippen LogP) is 3.65. The summed E-state index contributed by atoms with van der Waals surface area (Å²) in [4.78, 5) is 11.6. The highest BCUT2D eigenvalue weighted by Crippen LogP contribution is 2.33. The van der Waals surface area contributed by atoms with Gasteiger partial charge < -0.3 is 10.4 Å². The van der Waals surface area contributed by atoms with Gasteiger partial charge in [0.1, 0.15) is 11.8 Å². The Labute approximate surface area is 117 Å². The van der Waals surface area contributed by atoms with Crippen LogP contribution in [0.15, 0.2) is 29.5 Å². The van der Waals surface area contributed by atoms with Gasteiger partial charge in [-0.25, -0.2) is 0 Å². The third-order valence-corrected chi connectivity index (χ3v) is 2.56. The lowest BCUT2D eigenvalue weighted by Crippen LogP contribution is -2.15. The number of benzene rings is 1. The van der Waals surface area contributed by atoms with Crippen molar-refractivity contribution < 1.29 is 23.1 Å². The number of anilines is 1. The summed E-state index contributed by atoms with van der Waals surface area (Å²) in [6, 6.07) is 3.82. The third-order valence-electron chi connectivity index (χ3n) is 2.25. The summed E-state index contributed by atoms with van der Waals surface area (Å²) in [5.41, 5.74) is -1.62. The second-order valence-electron chi connectivity index (χ2n) is 3.72. The van der Waals surface area contributed by atoms with Crippen LogP contribution < -0.4 is 5.32 Å². The average molecular weight is 305 g/mol. The topological polar surface area (TPSA) is 73.1 Å². The Morgan fingerprint density at radius 2 is 2.05 bits per heavy atom. The molecule has 1 aromatic rings. The number of aliphatic hydroxyl groups is 1. The summed E-state index contributed by atoms with van der Waals surface area (Å²) >= 11 is 5.63. The fourth-order valence-corrected chi connectivity index (χ4v) is 1.50. The molecule has 1 rings (SSSR count). The molecule has 0 saturated heterocycles. The summed E-state index contributed by atoms with van der Waals surface area (Å²) in [6.07, 6.45) is -4.55. The van der Waals surface area contributed by atoms with Crippen LogP contribution in [0.2, 0.25) is 5.02 Å². The molecule has 106 valence electrons. The number of carbonyl (C=O) groups excluding carboxylic acids is 1. The van der Waals surface area contributed by atoms with Gasteiger partial charge in [0.05, 0.1) is 16.3 Å². The van der Waals surface area contributed by atoms with Crippen molar-refractivity contribution in [3.05, 3.63) is 40.1 Å². The molecule has 2 N–H and O–H groups in total. The van der Waals surface area contributed by atoms with Crippen LogP contribution in [-0.2, 0) is 11.0 Å². The normalized spacial score (nSPS) is 12.4. The maximum Gasteiger partial charge on any atom is 0.416 e. The Bertz CT molecular complexity index is 614. The number of halogens is 4. The molecule has 0 radical (unpaired) electrons. The summed E-state index contributed by atoms with van der Waals surface area (Å²) in [5.74, 6) is -1.47. The Hall–Kier alpha value is -2.20. The smallest absolute Gasteiger partial charge is 0.416 e. The van der Waals surface area contributed by atoms with Crippen molar-refractivity contribution in [2.24, 2.45) is 0 Å². The van der Waals surface area contributed by atoms with E-state index in [0.717, 1.165) is 19.1 Å². The first-order valence-electron chi connectivity index (χ1n) is 5.15. The van der Waals surface area contributed by atoms with E-state index in [0.29, 0.717) is 6.07 Å². The molecule has 4 nitrogen and oxygen atoms in total. The Balaban J connectivity index is 3.05. The van der Waals surface area contributed by atoms with Gasteiger partial charge in [-0.1, -0.05) is 11.6 Å². The Kier molecular flexibility index (Phi) is 4.63. The van der Waals surface area contributed by atoms with Gasteiger partial charge in [-0.2, -0.15) is 18.4 Å². The zero-order chi connectivity index (χ0) is 15.5. The van der Waals surface area contributed by atoms with Crippen molar-refractivity contribution in [1.82, 2.24) is 0 Å². The number of hydrogen-bond acceptors (Lipinski definition) is 3. The zero-order valence-corrected chi connectivity index (χ0v) is 10.8. The molecule has 0 aliphatic heterocycles. The molecule has 0 atom stereocenters. The van der Waals surface area contributed by atoms with E-state index in [4.69, 9.17) is 22.0 Å². The first-order valence-corrected chi connectivity index (χ1v) is 5.52. The number of nitrogens with zero attached hydrogens (tertiary/aromatic N) is 1. The fraction of sp³-hybridized carbons (Fsp3) is 0.167. The quantitative estimate of drug-likeness (QED) is 0.497. The number of hydrogen-bond donors (Lipinski definition) is 2. The molecule has 0 aromatic heterocycles. The molecule has 8 heteroatoms. The van der Waals surface area contributed by atoms with Gasteiger partial charge >= 0.3 is 6.18 Å². The lowest BCUT2D eigenvalue weighted by atomic mass is 10.2. The first-order chi connectivity index (χ1) is 9.16. The van der Waals surface area contributed by atoms with Crippen LogP contribution in [0.4, 0.5) is 18.9 Å². The standard InChI is InChI=1S/C12H8ClF3N2O2/c1-6(19)8(5-17)11(20)18-10-3-2-7(4-9(10)13)12(14,15)16/h2-4,19H,1H3,(H,18,20)/b8-6-. The molecule has 0 aliphatic carbocycles. The van der Waals surface area contributed by atoms with E-state index < -0.39 is 29.0 Å². The van der Waals surface area contributed by atoms with Crippen molar-refractivity contribution in [2.45, 2.75) is 13.1 Å². The highest BCUT2D eigenvalue weighted by atomic mass is 35.5. The third kappa shape index (κ3) is 3.65. The molecular weight excluding hydrogens is 297 g/mol. The highest BCUT2D eigenvalue weighted by molar-refractivity contribution is 6.34. The largest absolute Gasteiger partial charge is 0.511 e. The lowest BCUT2D eigenvalue weighted by molar-refractivity contribution is -0.137. The summed E-state index contributed by atoms with van der Waals surface area (Å²) in [6.45, 7) is 1.13. The molecule has 0 spiro atoms. The molecule has 1 amide bonds. The molecule has 0 heterocycles. The van der Waals surface area contributed by atoms with Crippen LogP contribution in [0.1, 0.15) is 12.5 Å². The number of allylic oxidation sites excluding steroid dienone is 1. The predicted molar refractivity (Wildman–Crippen MR) is 66.0 cm³/mol. The summed E-state index contributed by atoms with van der Waals surface area (Å²) in [5, 5.41) is 19.6. The van der Waals surface area contributed by atoms with E-state index in [-0.39, 0.29) is 10.7 Å². The van der Waals surface area contributed by atoms with Crippen molar-refractivity contribution in [2.75, 3.05) is 5.32 Å². The first kappa shape index (κ1) is 15.9. The molecule has 0 bridgehead atoms. The minimum absolute atomic E-state index is 0.0985. The second kappa shape index (κ2) is 5.84. The average Bonchev–Trinajstić information content (AvgIpc) is 2.30. The van der Waals surface area contributed by atoms with Crippen molar-refractivity contribution in [3.63, 3.8) is 0 Å². The van der Waals surface area contributed by atoms with Crippen molar-refractivity contribution in [1.29, 1.82) is 5.26 Å². The minimum Gasteiger partial charge on any atom is -0.511 e. The van der Waals surface area contributed by atoms with Crippen LogP contribution >= 0.6 is 11.6 Å². The van der Waals surface area contributed by atoms with Gasteiger partial charge in [-0.05, 0) is 25.1 Å². The van der Waals surface area contributed by atoms with Crippen LogP contribution in [0, 0.1) is 11.3 Å². The molecule has 0 unspecified atom stereocenters. The highest BCUT2D eigenvalue weighted by Gasteiger charge is 2.31. The molecule has 0 aliphatic rings. The SMILES string of the molecule is C/C(O)=C(\C#N)C(=O)Nc1ccc(C(F)(F)F)cc1Cl. The van der Waals surface area contributed by atoms with E-state index in [2.05, 4.69) is 5.32 Å². The number of carbonyl (C=O) groups is 1. The van der Waals surface area contributed by atoms with Crippen LogP contribution in [0.3, 0.4) is 0 Å². The zero-order valence-electron chi connectivity index (χ0n) is 10.0. The van der Waals surface area contributed by atoms with Gasteiger partial charge in [-0.3, -0.25) is 4.79 Å². The number of amides is 1. The fourth-order valence-electron chi connectivity index (χ4n) is 1.27. The molecule has 1 aromatic carbocycles. The number of nitriles is 1. The molecule has 0 saturated carbocycles. The molecule has 20 heavy (non-hydrogen) atoms. The number of alkyl halides is 3. The summed E-state index contributed by atoms with van der Waals surface area (Å²) < 4.78 is 37.3. The molecule has 0 fully saturated rings. The summed E-state index contributed by atoms with van der Waals surface area (Å²) in [7, 11) is 0. The second-order valence-corrected chi connectivity index (χ2v) is 4.13.